The van der Waals surface area contributed by atoms with Crippen LogP contribution in [0.3, 0.4) is 0 Å². The highest BCUT2D eigenvalue weighted by Gasteiger charge is 2.72. The van der Waals surface area contributed by atoms with Gasteiger partial charge in [-0.2, -0.15) is 0 Å². The first-order chi connectivity index (χ1) is 16.3. The Kier molecular flexibility index (Phi) is 5.67. The first kappa shape index (κ1) is 25.3. The van der Waals surface area contributed by atoms with Crippen LogP contribution >= 0.6 is 0 Å². The SMILES string of the molecule is C=C(C)[C@@H]1CC[C@]2(C(=O)OC)CC[C@]3(C)[C@H](CC[C@@H]4[C@@]5(C)CC/C(=N\O)C(C)(C)[C@H]5CC[C@]43C)[C@@H]12. The van der Waals surface area contributed by atoms with E-state index in [-0.39, 0.29) is 33.0 Å². The first-order valence-electron chi connectivity index (χ1n) is 14.3. The third-order valence-corrected chi connectivity index (χ3v) is 13.6. The molecule has 196 valence electrons. The molecule has 35 heavy (non-hydrogen) atoms. The van der Waals surface area contributed by atoms with Gasteiger partial charge >= 0.3 is 5.97 Å². The lowest BCUT2D eigenvalue weighted by molar-refractivity contribution is -0.230. The summed E-state index contributed by atoms with van der Waals surface area (Å²) >= 11 is 0. The van der Waals surface area contributed by atoms with Crippen LogP contribution in [-0.4, -0.2) is 24.0 Å². The van der Waals surface area contributed by atoms with Gasteiger partial charge in [0.15, 0.2) is 0 Å². The minimum atomic E-state index is -0.313. The summed E-state index contributed by atoms with van der Waals surface area (Å²) in [6, 6.07) is 0. The molecule has 5 rings (SSSR count). The van der Waals surface area contributed by atoms with Crippen molar-refractivity contribution < 1.29 is 14.7 Å². The van der Waals surface area contributed by atoms with Gasteiger partial charge in [-0.25, -0.2) is 0 Å². The molecule has 1 N–H and O–H groups in total. The van der Waals surface area contributed by atoms with Gasteiger partial charge in [-0.3, -0.25) is 4.79 Å². The third kappa shape index (κ3) is 2.98. The molecule has 5 aliphatic rings. The molecule has 5 fully saturated rings. The molecule has 0 radical (unpaired) electrons. The van der Waals surface area contributed by atoms with E-state index in [0.29, 0.717) is 29.6 Å². The number of hydrogen-bond acceptors (Lipinski definition) is 4. The van der Waals surface area contributed by atoms with Crippen LogP contribution in [-0.2, 0) is 9.53 Å². The highest BCUT2D eigenvalue weighted by molar-refractivity contribution is 5.90. The van der Waals surface area contributed by atoms with Crippen molar-refractivity contribution in [3.63, 3.8) is 0 Å². The second-order valence-corrected chi connectivity index (χ2v) is 14.6. The monoisotopic (exact) mass is 483 g/mol. The average molecular weight is 484 g/mol. The lowest BCUT2D eigenvalue weighted by Crippen LogP contribution is -2.66. The smallest absolute Gasteiger partial charge is 0.312 e. The largest absolute Gasteiger partial charge is 0.469 e. The first-order valence-corrected chi connectivity index (χ1v) is 14.3. The van der Waals surface area contributed by atoms with Crippen LogP contribution in [0.5, 0.6) is 0 Å². The van der Waals surface area contributed by atoms with Gasteiger partial charge in [0.25, 0.3) is 0 Å². The molecule has 4 heteroatoms. The molecule has 0 aliphatic heterocycles. The molecule has 0 spiro atoms. The number of rotatable bonds is 2. The van der Waals surface area contributed by atoms with Gasteiger partial charge in [0.1, 0.15) is 0 Å². The van der Waals surface area contributed by atoms with E-state index in [2.05, 4.69) is 53.3 Å². The van der Waals surface area contributed by atoms with Crippen molar-refractivity contribution in [1.82, 2.24) is 0 Å². The maximum atomic E-state index is 13.4. The Morgan fingerprint density at radius 3 is 2.29 bits per heavy atom. The van der Waals surface area contributed by atoms with E-state index < -0.39 is 0 Å². The van der Waals surface area contributed by atoms with E-state index in [4.69, 9.17) is 4.74 Å². The van der Waals surface area contributed by atoms with Crippen LogP contribution in [0.2, 0.25) is 0 Å². The maximum Gasteiger partial charge on any atom is 0.312 e. The van der Waals surface area contributed by atoms with Gasteiger partial charge in [0.05, 0.1) is 18.2 Å². The van der Waals surface area contributed by atoms with Crippen LogP contribution < -0.4 is 0 Å². The van der Waals surface area contributed by atoms with Crippen LogP contribution in [0, 0.1) is 56.7 Å². The van der Waals surface area contributed by atoms with E-state index in [0.717, 1.165) is 44.2 Å². The molecule has 0 aromatic carbocycles. The Labute approximate surface area is 213 Å². The van der Waals surface area contributed by atoms with Crippen LogP contribution in [0.15, 0.2) is 17.3 Å². The van der Waals surface area contributed by atoms with Crippen molar-refractivity contribution in [3.8, 4) is 0 Å². The summed E-state index contributed by atoms with van der Waals surface area (Å²) in [6.45, 7) is 19.1. The molecule has 0 amide bonds. The number of methoxy groups -OCH3 is 1. The molecule has 0 aromatic heterocycles. The summed E-state index contributed by atoms with van der Waals surface area (Å²) in [6.07, 6.45) is 11.1. The number of esters is 1. The summed E-state index contributed by atoms with van der Waals surface area (Å²) in [5.41, 5.74) is 2.64. The number of ether oxygens (including phenoxy) is 1. The second-order valence-electron chi connectivity index (χ2n) is 14.6. The lowest BCUT2D eigenvalue weighted by Gasteiger charge is -2.72. The predicted octanol–water partition coefficient (Wildman–Crippen LogP) is 7.65. The van der Waals surface area contributed by atoms with E-state index in [1.807, 2.05) is 0 Å². The molecule has 9 atom stereocenters. The molecule has 0 aromatic rings. The Morgan fingerprint density at radius 2 is 1.66 bits per heavy atom. The van der Waals surface area contributed by atoms with Crippen molar-refractivity contribution in [2.45, 2.75) is 106 Å². The van der Waals surface area contributed by atoms with E-state index in [9.17, 15) is 10.0 Å². The fourth-order valence-corrected chi connectivity index (χ4v) is 11.7. The number of carbonyl (C=O) groups excluding carboxylic acids is 1. The summed E-state index contributed by atoms with van der Waals surface area (Å²) in [4.78, 5) is 13.4. The number of fused-ring (bicyclic) bond motifs is 7. The zero-order valence-electron chi connectivity index (χ0n) is 23.4. The number of hydrogen-bond donors (Lipinski definition) is 1. The van der Waals surface area contributed by atoms with E-state index in [1.165, 1.54) is 31.3 Å². The molecular formula is C31H49NO3. The fraction of sp³-hybridized carbons (Fsp3) is 0.871. The van der Waals surface area contributed by atoms with Crippen molar-refractivity contribution in [3.05, 3.63) is 12.2 Å². The highest BCUT2D eigenvalue weighted by Crippen LogP contribution is 2.77. The standard InChI is InChI=1S/C31H49NO3/c1-19(2)20-11-16-31(26(33)35-8)18-17-29(6)21(25(20)31)9-10-23-28(5)14-13-24(32-34)27(3,4)22(28)12-15-30(23,29)7/h20-23,25,34H,1,9-18H2,2-8H3/b32-24+/t20-,21+,22+,23+,25+,28-,29+,30+,31-/m0/s1. The minimum Gasteiger partial charge on any atom is -0.469 e. The number of nitrogens with zero attached hydrogens (tertiary/aromatic N) is 1. The normalized spacial score (nSPS) is 51.5. The van der Waals surface area contributed by atoms with Gasteiger partial charge in [-0.15, -0.1) is 0 Å². The summed E-state index contributed by atoms with van der Waals surface area (Å²) < 4.78 is 5.50. The molecule has 0 unspecified atom stereocenters. The quantitative estimate of drug-likeness (QED) is 0.190. The van der Waals surface area contributed by atoms with Gasteiger partial charge in [0, 0.05) is 5.41 Å². The maximum absolute atomic E-state index is 13.4. The second kappa shape index (κ2) is 7.84. The molecular weight excluding hydrogens is 434 g/mol. The topological polar surface area (TPSA) is 58.9 Å². The van der Waals surface area contributed by atoms with Crippen LogP contribution in [0.25, 0.3) is 0 Å². The summed E-state index contributed by atoms with van der Waals surface area (Å²) in [5.74, 6) is 2.62. The van der Waals surface area contributed by atoms with E-state index >= 15 is 0 Å². The molecule has 0 saturated heterocycles. The fourth-order valence-electron chi connectivity index (χ4n) is 11.7. The number of carbonyl (C=O) groups is 1. The van der Waals surface area contributed by atoms with Crippen molar-refractivity contribution in [1.29, 1.82) is 0 Å². The average Bonchev–Trinajstić information content (AvgIpc) is 3.20. The molecule has 5 aliphatic carbocycles. The highest BCUT2D eigenvalue weighted by atomic mass is 16.5. The van der Waals surface area contributed by atoms with Crippen molar-refractivity contribution in [2.75, 3.05) is 7.11 Å². The number of oxime groups is 1. The van der Waals surface area contributed by atoms with Gasteiger partial charge < -0.3 is 9.94 Å². The Balaban J connectivity index is 1.56. The molecule has 5 saturated carbocycles. The van der Waals surface area contributed by atoms with Crippen molar-refractivity contribution in [2.24, 2.45) is 61.8 Å². The number of allylic oxidation sites excluding steroid dienone is 1. The Morgan fingerprint density at radius 1 is 0.943 bits per heavy atom. The third-order valence-electron chi connectivity index (χ3n) is 13.6. The Hall–Kier alpha value is -1.32. The minimum absolute atomic E-state index is 0.0427. The van der Waals surface area contributed by atoms with Crippen molar-refractivity contribution >= 4 is 11.7 Å². The molecule has 4 nitrogen and oxygen atoms in total. The zero-order chi connectivity index (χ0) is 25.6. The van der Waals surface area contributed by atoms with E-state index in [1.54, 1.807) is 7.11 Å². The lowest BCUT2D eigenvalue weighted by atomic mass is 9.32. The summed E-state index contributed by atoms with van der Waals surface area (Å²) in [5, 5.41) is 13.5. The zero-order valence-corrected chi connectivity index (χ0v) is 23.4. The predicted molar refractivity (Wildman–Crippen MR) is 140 cm³/mol. The summed E-state index contributed by atoms with van der Waals surface area (Å²) in [7, 11) is 1.59. The van der Waals surface area contributed by atoms with Gasteiger partial charge in [0.2, 0.25) is 0 Å². The Bertz CT molecular complexity index is 953. The molecule has 0 heterocycles. The van der Waals surface area contributed by atoms with Crippen LogP contribution in [0.1, 0.15) is 106 Å². The molecule has 0 bridgehead atoms. The van der Waals surface area contributed by atoms with Gasteiger partial charge in [-0.05, 0) is 117 Å². The van der Waals surface area contributed by atoms with Crippen LogP contribution in [0.4, 0.5) is 0 Å². The van der Waals surface area contributed by atoms with Gasteiger partial charge in [-0.1, -0.05) is 51.9 Å².